The van der Waals surface area contributed by atoms with E-state index in [4.69, 9.17) is 32.0 Å². The van der Waals surface area contributed by atoms with Gasteiger partial charge in [0.25, 0.3) is 11.8 Å². The molecule has 2 aliphatic heterocycles. The molecule has 0 aromatic heterocycles. The molecule has 4 aromatic carbocycles. The number of carboxylic acid groups (broad SMARTS) is 2. The largest absolute Gasteiger partial charge is 0.508 e. The van der Waals surface area contributed by atoms with E-state index < -0.39 is 29.3 Å². The number of aromatic hydroxyl groups is 1. The molecule has 16 heteroatoms. The second-order valence-electron chi connectivity index (χ2n) is 15.4. The fourth-order valence-electron chi connectivity index (χ4n) is 8.20. The Morgan fingerprint density at radius 1 is 0.667 bits per heavy atom. The highest BCUT2D eigenvalue weighted by molar-refractivity contribution is 6.41. The number of aromatic carboxylic acids is 2. The number of hydrogen-bond donors (Lipinski definition) is 6. The molecule has 2 heterocycles. The first kappa shape index (κ1) is 44.9. The number of benzene rings is 6. The first-order chi connectivity index (χ1) is 31.6. The lowest BCUT2D eigenvalue weighted by atomic mass is 9.88. The molecule has 8 rings (SSSR count). The van der Waals surface area contributed by atoms with Crippen LogP contribution in [-0.4, -0.2) is 65.3 Å². The number of nitrogens with one attached hydrogen (secondary N) is 3. The highest BCUT2D eigenvalue weighted by Gasteiger charge is 2.30. The van der Waals surface area contributed by atoms with Gasteiger partial charge in [0, 0.05) is 100 Å². The van der Waals surface area contributed by atoms with Crippen LogP contribution in [0.1, 0.15) is 66.4 Å². The van der Waals surface area contributed by atoms with Crippen molar-refractivity contribution in [3.63, 3.8) is 0 Å². The Balaban J connectivity index is 1.08. The Bertz CT molecular complexity index is 3410. The summed E-state index contributed by atoms with van der Waals surface area (Å²) in [5.41, 5.74) is 4.16. The summed E-state index contributed by atoms with van der Waals surface area (Å²) >= 11 is 13.9. The van der Waals surface area contributed by atoms with Crippen LogP contribution < -0.4 is 26.7 Å². The van der Waals surface area contributed by atoms with Gasteiger partial charge in [-0.1, -0.05) is 29.3 Å². The van der Waals surface area contributed by atoms with Crippen LogP contribution in [0.4, 0.5) is 5.69 Å². The van der Waals surface area contributed by atoms with Crippen molar-refractivity contribution in [1.29, 1.82) is 0 Å². The third-order valence-electron chi connectivity index (χ3n) is 11.2. The molecule has 0 unspecified atom stereocenters. The zero-order valence-corrected chi connectivity index (χ0v) is 37.3. The normalized spacial score (nSPS) is 11.7. The molecular weight excluding hydrogens is 887 g/mol. The number of amides is 2. The van der Waals surface area contributed by atoms with Gasteiger partial charge in [0.05, 0.1) is 32.1 Å². The number of halogens is 2. The van der Waals surface area contributed by atoms with E-state index in [-0.39, 0.29) is 73.5 Å². The summed E-state index contributed by atoms with van der Waals surface area (Å²) in [6.07, 6.45) is 0. The van der Waals surface area contributed by atoms with Crippen molar-refractivity contribution in [1.82, 2.24) is 10.6 Å². The number of hydrogen-bond acceptors (Lipinski definition) is 10. The number of carbonyl (C=O) groups excluding carboxylic acids is 2. The van der Waals surface area contributed by atoms with E-state index in [1.54, 1.807) is 12.1 Å². The highest BCUT2D eigenvalue weighted by Crippen LogP contribution is 2.48. The van der Waals surface area contributed by atoms with E-state index >= 15 is 0 Å². The molecule has 0 saturated heterocycles. The van der Waals surface area contributed by atoms with Crippen molar-refractivity contribution >= 4 is 74.6 Å². The SMILES string of the molecule is CCN=c1cc2oc3cc(NCC)c(C)cc3c(-c3c(Cl)cc(C(=O)NCCNC(=O)c4ccc(-c5c6ccc(=O)cc-6oc6cc(O)ccc56)c(C(=O)O)c4)c(Cl)c3C(=O)O)c-2cc1C. The van der Waals surface area contributed by atoms with Crippen LogP contribution in [0.25, 0.3) is 66.8 Å². The summed E-state index contributed by atoms with van der Waals surface area (Å²) in [5.74, 6) is -3.67. The molecule has 0 bridgehead atoms. The van der Waals surface area contributed by atoms with Crippen molar-refractivity contribution in [3.8, 4) is 50.7 Å². The van der Waals surface area contributed by atoms with Gasteiger partial charge in [-0.05, 0) is 99.0 Å². The monoisotopic (exact) mass is 926 g/mol. The minimum absolute atomic E-state index is 0.000639. The molecule has 4 aliphatic rings. The number of rotatable bonds is 12. The van der Waals surface area contributed by atoms with E-state index in [9.17, 15) is 39.3 Å². The topological polar surface area (TPSA) is 221 Å². The number of phenols is 1. The van der Waals surface area contributed by atoms with Crippen LogP contribution in [0.15, 0.2) is 104 Å². The number of phenolic OH excluding ortho intramolecular Hbond substituents is 1. The van der Waals surface area contributed by atoms with Crippen LogP contribution in [-0.2, 0) is 0 Å². The fourth-order valence-corrected chi connectivity index (χ4v) is 8.81. The van der Waals surface area contributed by atoms with Gasteiger partial charge >= 0.3 is 11.9 Å². The first-order valence-electron chi connectivity index (χ1n) is 20.8. The molecular formula is C50H40Cl2N4O10. The standard InChI is InChI=1S/C50H40Cl2N4O10/c1-5-53-36-21-40-32(15-23(36)3)43(33-16-24(4)37(54-6-2)22-41(33)66-40)44-35(51)20-34(46(52)45(44)50(63)64)48(60)56-14-13-55-47(59)25-7-10-28(31(17-25)49(61)62)42-29-11-8-26(57)18-38(29)65-39-19-27(58)9-12-30(39)42/h7-12,15-22,53,57H,5-6,13-14H2,1-4H3,(H,55,59)(H,56,60)(H,61,62)(H,63,64). The fraction of sp³-hybridized carbons (Fsp3) is 0.160. The predicted molar refractivity (Wildman–Crippen MR) is 253 cm³/mol. The molecule has 2 aliphatic carbocycles. The highest BCUT2D eigenvalue weighted by atomic mass is 35.5. The summed E-state index contributed by atoms with van der Waals surface area (Å²) in [7, 11) is 0. The number of fused-ring (bicyclic) bond motifs is 4. The molecule has 0 saturated carbocycles. The second kappa shape index (κ2) is 18.1. The number of carbonyl (C=O) groups is 4. The lowest BCUT2D eigenvalue weighted by Gasteiger charge is -2.21. The predicted octanol–water partition coefficient (Wildman–Crippen LogP) is 9.62. The van der Waals surface area contributed by atoms with E-state index in [1.807, 2.05) is 45.9 Å². The molecule has 0 atom stereocenters. The minimum atomic E-state index is -1.43. The van der Waals surface area contributed by atoms with E-state index in [0.717, 1.165) is 16.8 Å². The second-order valence-corrected chi connectivity index (χ2v) is 16.2. The molecule has 6 N–H and O–H groups in total. The molecule has 2 amide bonds. The van der Waals surface area contributed by atoms with Crippen LogP contribution >= 0.6 is 23.2 Å². The van der Waals surface area contributed by atoms with Crippen LogP contribution in [0, 0.1) is 13.8 Å². The van der Waals surface area contributed by atoms with Gasteiger partial charge < -0.3 is 40.1 Å². The summed E-state index contributed by atoms with van der Waals surface area (Å²) in [4.78, 5) is 69.7. The van der Waals surface area contributed by atoms with Crippen molar-refractivity contribution in [2.24, 2.45) is 4.99 Å². The molecule has 4 aromatic rings. The summed E-state index contributed by atoms with van der Waals surface area (Å²) in [5, 5.41) is 41.1. The van der Waals surface area contributed by atoms with Gasteiger partial charge in [0.2, 0.25) is 0 Å². The third-order valence-corrected chi connectivity index (χ3v) is 11.8. The Kier molecular flexibility index (Phi) is 12.3. The molecule has 0 fully saturated rings. The maximum absolute atomic E-state index is 13.7. The Morgan fingerprint density at radius 3 is 2.06 bits per heavy atom. The number of aryl methyl sites for hydroxylation is 2. The van der Waals surface area contributed by atoms with Gasteiger partial charge in [-0.15, -0.1) is 0 Å². The summed E-state index contributed by atoms with van der Waals surface area (Å²) < 4.78 is 12.3. The minimum Gasteiger partial charge on any atom is -0.508 e. The molecule has 14 nitrogen and oxygen atoms in total. The van der Waals surface area contributed by atoms with Crippen LogP contribution in [0.5, 0.6) is 5.75 Å². The Labute approximate surface area is 385 Å². The van der Waals surface area contributed by atoms with Gasteiger partial charge in [-0.3, -0.25) is 19.4 Å². The summed E-state index contributed by atoms with van der Waals surface area (Å²) in [6.45, 7) is 8.61. The lowest BCUT2D eigenvalue weighted by molar-refractivity contribution is 0.0686. The van der Waals surface area contributed by atoms with Crippen molar-refractivity contribution in [3.05, 3.63) is 144 Å². The third kappa shape index (κ3) is 8.28. The van der Waals surface area contributed by atoms with Crippen LogP contribution in [0.3, 0.4) is 0 Å². The maximum Gasteiger partial charge on any atom is 0.337 e. The van der Waals surface area contributed by atoms with E-state index in [1.165, 1.54) is 54.6 Å². The Hall–Kier alpha value is -7.68. The quantitative estimate of drug-likeness (QED) is 0.0500. The lowest BCUT2D eigenvalue weighted by Crippen LogP contribution is -2.35. The van der Waals surface area contributed by atoms with E-state index in [0.29, 0.717) is 62.8 Å². The number of nitrogens with zero attached hydrogens (tertiary/aromatic N) is 1. The molecule has 334 valence electrons. The van der Waals surface area contributed by atoms with Gasteiger partial charge in [-0.25, -0.2) is 9.59 Å². The van der Waals surface area contributed by atoms with Gasteiger partial charge in [-0.2, -0.15) is 0 Å². The van der Waals surface area contributed by atoms with E-state index in [2.05, 4.69) is 20.9 Å². The molecule has 0 spiro atoms. The molecule has 66 heavy (non-hydrogen) atoms. The Morgan fingerprint density at radius 2 is 1.36 bits per heavy atom. The van der Waals surface area contributed by atoms with Crippen molar-refractivity contribution < 1.29 is 43.3 Å². The molecule has 0 radical (unpaired) electrons. The average molecular weight is 928 g/mol. The zero-order chi connectivity index (χ0) is 47.1. The first-order valence-corrected chi connectivity index (χ1v) is 21.5. The number of anilines is 1. The summed E-state index contributed by atoms with van der Waals surface area (Å²) in [6, 6.07) is 21.3. The van der Waals surface area contributed by atoms with Crippen LogP contribution in [0.2, 0.25) is 10.0 Å². The number of carboxylic acids is 2. The zero-order valence-electron chi connectivity index (χ0n) is 35.8. The van der Waals surface area contributed by atoms with Gasteiger partial charge in [0.15, 0.2) is 5.43 Å². The van der Waals surface area contributed by atoms with Crippen molar-refractivity contribution in [2.45, 2.75) is 27.7 Å². The smallest absolute Gasteiger partial charge is 0.337 e. The van der Waals surface area contributed by atoms with Crippen molar-refractivity contribution in [2.75, 3.05) is 31.5 Å². The maximum atomic E-state index is 13.7. The average Bonchev–Trinajstić information content (AvgIpc) is 3.27. The van der Waals surface area contributed by atoms with Gasteiger partial charge in [0.1, 0.15) is 28.4 Å².